The molecule has 0 unspecified atom stereocenters. The Morgan fingerprint density at radius 2 is 2.07 bits per heavy atom. The molecule has 1 fully saturated rings. The first-order valence-electron chi connectivity index (χ1n) is 5.86. The predicted octanol–water partition coefficient (Wildman–Crippen LogP) is 2.80. The van der Waals surface area contributed by atoms with Crippen LogP contribution in [0.25, 0.3) is 0 Å². The molecule has 0 amide bonds. The molecule has 0 spiro atoms. The van der Waals surface area contributed by atoms with Crippen LogP contribution in [-0.4, -0.2) is 24.1 Å². The van der Waals surface area contributed by atoms with Crippen molar-refractivity contribution in [3.8, 4) is 6.07 Å². The highest BCUT2D eigenvalue weighted by Crippen LogP contribution is 2.21. The molecule has 1 saturated heterocycles. The minimum atomic E-state index is -0.149. The lowest BCUT2D eigenvalue weighted by Gasteiger charge is -2.23. The van der Waals surface area contributed by atoms with Gasteiger partial charge in [0.2, 0.25) is 0 Å². The summed E-state index contributed by atoms with van der Waals surface area (Å²) in [5, 5.41) is 12.5. The largest absolute Gasteiger partial charge is 0.314 e. The Kier molecular flexibility index (Phi) is 5.49. The van der Waals surface area contributed by atoms with Crippen molar-refractivity contribution >= 4 is 11.8 Å². The third kappa shape index (κ3) is 5.44. The second-order valence-corrected chi connectivity index (χ2v) is 6.16. The summed E-state index contributed by atoms with van der Waals surface area (Å²) in [5.74, 6) is 2.61. The van der Waals surface area contributed by atoms with Crippen LogP contribution in [0.1, 0.15) is 39.5 Å². The van der Waals surface area contributed by atoms with Gasteiger partial charge in [-0.15, -0.1) is 0 Å². The maximum Gasteiger partial charge on any atom is 0.0683 e. The van der Waals surface area contributed by atoms with E-state index >= 15 is 0 Å². The van der Waals surface area contributed by atoms with Gasteiger partial charge in [-0.25, -0.2) is 0 Å². The summed E-state index contributed by atoms with van der Waals surface area (Å²) in [6.45, 7) is 5.11. The van der Waals surface area contributed by atoms with E-state index < -0.39 is 0 Å². The first-order valence-corrected chi connectivity index (χ1v) is 7.02. The number of hydrogen-bond acceptors (Lipinski definition) is 3. The predicted molar refractivity (Wildman–Crippen MR) is 67.0 cm³/mol. The zero-order chi connectivity index (χ0) is 11.1. The van der Waals surface area contributed by atoms with Crippen LogP contribution in [0.3, 0.4) is 0 Å². The van der Waals surface area contributed by atoms with E-state index in [-0.39, 0.29) is 5.41 Å². The van der Waals surface area contributed by atoms with Crippen LogP contribution >= 0.6 is 11.8 Å². The summed E-state index contributed by atoms with van der Waals surface area (Å²) in [7, 11) is 0. The first kappa shape index (κ1) is 12.9. The highest BCUT2D eigenvalue weighted by Gasteiger charge is 2.16. The summed E-state index contributed by atoms with van der Waals surface area (Å²) in [5.41, 5.74) is -0.149. The number of nitriles is 1. The van der Waals surface area contributed by atoms with Crippen molar-refractivity contribution in [3.05, 3.63) is 0 Å². The van der Waals surface area contributed by atoms with Crippen LogP contribution in [0, 0.1) is 16.7 Å². The van der Waals surface area contributed by atoms with Gasteiger partial charge in [0.15, 0.2) is 0 Å². The third-order valence-electron chi connectivity index (χ3n) is 2.94. The second kappa shape index (κ2) is 6.40. The van der Waals surface area contributed by atoms with Crippen LogP contribution in [-0.2, 0) is 0 Å². The molecule has 1 aliphatic rings. The highest BCUT2D eigenvalue weighted by molar-refractivity contribution is 7.99. The van der Waals surface area contributed by atoms with Crippen molar-refractivity contribution in [3.63, 3.8) is 0 Å². The van der Waals surface area contributed by atoms with E-state index in [1.807, 2.05) is 13.8 Å². The molecule has 1 rings (SSSR count). The fourth-order valence-electron chi connectivity index (χ4n) is 1.79. The van der Waals surface area contributed by atoms with Gasteiger partial charge in [-0.2, -0.15) is 17.0 Å². The van der Waals surface area contributed by atoms with Crippen LogP contribution in [0.5, 0.6) is 0 Å². The highest BCUT2D eigenvalue weighted by atomic mass is 32.2. The van der Waals surface area contributed by atoms with E-state index in [0.29, 0.717) is 0 Å². The van der Waals surface area contributed by atoms with E-state index in [9.17, 15) is 0 Å². The lowest BCUT2D eigenvalue weighted by Crippen LogP contribution is -2.33. The lowest BCUT2D eigenvalue weighted by molar-refractivity contribution is 0.404. The molecule has 1 aliphatic heterocycles. The van der Waals surface area contributed by atoms with E-state index in [1.165, 1.54) is 24.3 Å². The summed E-state index contributed by atoms with van der Waals surface area (Å²) < 4.78 is 0. The quantitative estimate of drug-likeness (QED) is 0.732. The van der Waals surface area contributed by atoms with Gasteiger partial charge in [-0.05, 0) is 57.6 Å². The van der Waals surface area contributed by atoms with Gasteiger partial charge in [-0.1, -0.05) is 0 Å². The molecular weight excluding hydrogens is 204 g/mol. The van der Waals surface area contributed by atoms with Crippen LogP contribution < -0.4 is 5.32 Å². The van der Waals surface area contributed by atoms with Gasteiger partial charge in [0.05, 0.1) is 11.5 Å². The molecule has 0 aromatic heterocycles. The van der Waals surface area contributed by atoms with E-state index in [0.717, 1.165) is 25.4 Å². The topological polar surface area (TPSA) is 35.8 Å². The van der Waals surface area contributed by atoms with Gasteiger partial charge in [0.1, 0.15) is 0 Å². The van der Waals surface area contributed by atoms with Gasteiger partial charge < -0.3 is 5.32 Å². The molecule has 2 nitrogen and oxygen atoms in total. The van der Waals surface area contributed by atoms with Crippen LogP contribution in [0.4, 0.5) is 0 Å². The molecule has 1 heterocycles. The molecule has 0 aromatic rings. The molecule has 3 heteroatoms. The molecule has 0 bridgehead atoms. The average Bonchev–Trinajstić information content (AvgIpc) is 2.26. The Morgan fingerprint density at radius 1 is 1.40 bits per heavy atom. The monoisotopic (exact) mass is 226 g/mol. The lowest BCUT2D eigenvalue weighted by atomic mass is 9.90. The molecule has 86 valence electrons. The second-order valence-electron chi connectivity index (χ2n) is 4.94. The van der Waals surface area contributed by atoms with E-state index in [2.05, 4.69) is 23.1 Å². The number of nitrogens with zero attached hydrogens (tertiary/aromatic N) is 1. The Bertz CT molecular complexity index is 214. The normalized spacial score (nSPS) is 18.7. The molecule has 1 N–H and O–H groups in total. The van der Waals surface area contributed by atoms with Gasteiger partial charge in [0.25, 0.3) is 0 Å². The maximum absolute atomic E-state index is 8.87. The van der Waals surface area contributed by atoms with Crippen LogP contribution in [0.2, 0.25) is 0 Å². The standard InChI is InChI=1S/C12H22N2S/c1-12(2,10-13)6-3-7-14-11-4-8-15-9-5-11/h11,14H,3-9H2,1-2H3. The fraction of sp³-hybridized carbons (Fsp3) is 0.917. The van der Waals surface area contributed by atoms with Crippen molar-refractivity contribution in [1.82, 2.24) is 5.32 Å². The van der Waals surface area contributed by atoms with Crippen LogP contribution in [0.15, 0.2) is 0 Å². The first-order chi connectivity index (χ1) is 7.14. The molecule has 0 aromatic carbocycles. The van der Waals surface area contributed by atoms with Gasteiger partial charge in [-0.3, -0.25) is 0 Å². The Morgan fingerprint density at radius 3 is 2.67 bits per heavy atom. The molecule has 15 heavy (non-hydrogen) atoms. The minimum absolute atomic E-state index is 0.149. The Hall–Kier alpha value is -0.200. The van der Waals surface area contributed by atoms with Crippen molar-refractivity contribution in [2.24, 2.45) is 5.41 Å². The van der Waals surface area contributed by atoms with E-state index in [4.69, 9.17) is 5.26 Å². The van der Waals surface area contributed by atoms with Crippen molar-refractivity contribution in [2.45, 2.75) is 45.6 Å². The summed E-state index contributed by atoms with van der Waals surface area (Å²) in [6.07, 6.45) is 4.74. The summed E-state index contributed by atoms with van der Waals surface area (Å²) >= 11 is 2.06. The molecule has 0 saturated carbocycles. The zero-order valence-corrected chi connectivity index (χ0v) is 10.7. The average molecular weight is 226 g/mol. The maximum atomic E-state index is 8.87. The SMILES string of the molecule is CC(C)(C#N)CCCNC1CCSCC1. The summed E-state index contributed by atoms with van der Waals surface area (Å²) in [6, 6.07) is 3.08. The van der Waals surface area contributed by atoms with Crippen molar-refractivity contribution in [2.75, 3.05) is 18.1 Å². The summed E-state index contributed by atoms with van der Waals surface area (Å²) in [4.78, 5) is 0. The molecule has 0 aliphatic carbocycles. The minimum Gasteiger partial charge on any atom is -0.314 e. The van der Waals surface area contributed by atoms with Crippen molar-refractivity contribution in [1.29, 1.82) is 5.26 Å². The number of nitrogens with one attached hydrogen (secondary N) is 1. The molecule has 0 radical (unpaired) electrons. The number of rotatable bonds is 5. The molecule has 0 atom stereocenters. The zero-order valence-electron chi connectivity index (χ0n) is 9.88. The van der Waals surface area contributed by atoms with E-state index in [1.54, 1.807) is 0 Å². The smallest absolute Gasteiger partial charge is 0.0683 e. The number of hydrogen-bond donors (Lipinski definition) is 1. The Balaban J connectivity index is 2.04. The van der Waals surface area contributed by atoms with Gasteiger partial charge >= 0.3 is 0 Å². The molecular formula is C12H22N2S. The number of thioether (sulfide) groups is 1. The third-order valence-corrected chi connectivity index (χ3v) is 3.98. The Labute approximate surface area is 97.8 Å². The van der Waals surface area contributed by atoms with Gasteiger partial charge in [0, 0.05) is 6.04 Å². The fourth-order valence-corrected chi connectivity index (χ4v) is 2.90. The van der Waals surface area contributed by atoms with Crippen molar-refractivity contribution < 1.29 is 0 Å².